The highest BCUT2D eigenvalue weighted by Crippen LogP contribution is 2.22. The number of hydrogen-bond acceptors (Lipinski definition) is 3. The van der Waals surface area contributed by atoms with Crippen LogP contribution in [0.25, 0.3) is 0 Å². The van der Waals surface area contributed by atoms with Crippen molar-refractivity contribution in [3.8, 4) is 0 Å². The molecule has 2 heterocycles. The van der Waals surface area contributed by atoms with Gasteiger partial charge in [-0.1, -0.05) is 30.3 Å². The topological polar surface area (TPSA) is 30.3 Å². The van der Waals surface area contributed by atoms with Crippen LogP contribution in [0.5, 0.6) is 0 Å². The van der Waals surface area contributed by atoms with Crippen molar-refractivity contribution in [2.24, 2.45) is 0 Å². The van der Waals surface area contributed by atoms with Gasteiger partial charge in [-0.2, -0.15) is 0 Å². The Labute approximate surface area is 107 Å². The van der Waals surface area contributed by atoms with Crippen LogP contribution in [0.2, 0.25) is 0 Å². The van der Waals surface area contributed by atoms with E-state index in [0.29, 0.717) is 0 Å². The fraction of sp³-hybridized carbons (Fsp3) is 0.357. The van der Waals surface area contributed by atoms with Gasteiger partial charge in [-0.15, -0.1) is 0 Å². The second-order valence-corrected chi connectivity index (χ2v) is 4.64. The van der Waals surface area contributed by atoms with Gasteiger partial charge in [-0.25, -0.2) is 4.98 Å². The maximum Gasteiger partial charge on any atom is 0.147 e. The first-order valence-corrected chi connectivity index (χ1v) is 6.16. The van der Waals surface area contributed by atoms with Crippen molar-refractivity contribution in [3.63, 3.8) is 0 Å². The number of imidazole rings is 1. The van der Waals surface area contributed by atoms with E-state index in [1.165, 1.54) is 11.3 Å². The van der Waals surface area contributed by atoms with E-state index in [1.807, 2.05) is 18.6 Å². The predicted molar refractivity (Wildman–Crippen MR) is 68.8 cm³/mol. The third-order valence-corrected chi connectivity index (χ3v) is 3.38. The molecule has 3 rings (SSSR count). The van der Waals surface area contributed by atoms with Crippen LogP contribution in [-0.4, -0.2) is 28.1 Å². The summed E-state index contributed by atoms with van der Waals surface area (Å²) in [4.78, 5) is 6.59. The fourth-order valence-corrected chi connectivity index (χ4v) is 2.47. The molecule has 0 N–H and O–H groups in total. The van der Waals surface area contributed by atoms with Crippen molar-refractivity contribution in [1.29, 1.82) is 0 Å². The second kappa shape index (κ2) is 4.92. The minimum Gasteiger partial charge on any atom is -0.360 e. The highest BCUT2D eigenvalue weighted by Gasteiger charge is 2.24. The van der Waals surface area contributed by atoms with Crippen molar-refractivity contribution in [2.75, 3.05) is 13.7 Å². The van der Waals surface area contributed by atoms with E-state index in [4.69, 9.17) is 4.74 Å². The summed E-state index contributed by atoms with van der Waals surface area (Å²) >= 11 is 0. The maximum atomic E-state index is 5.53. The van der Waals surface area contributed by atoms with Crippen molar-refractivity contribution in [2.45, 2.75) is 19.3 Å². The minimum absolute atomic E-state index is 0.0694. The normalized spacial score (nSPS) is 19.7. The minimum atomic E-state index is 0.0694. The summed E-state index contributed by atoms with van der Waals surface area (Å²) in [6, 6.07) is 10.5. The molecule has 2 aromatic rings. The highest BCUT2D eigenvalue weighted by atomic mass is 16.5. The van der Waals surface area contributed by atoms with Crippen LogP contribution in [0.3, 0.4) is 0 Å². The molecule has 4 heteroatoms. The first-order valence-electron chi connectivity index (χ1n) is 6.16. The SMILES string of the molecule is COC1CN(Cc2ccccc2)Cc2cncn21. The Kier molecular flexibility index (Phi) is 3.13. The Morgan fingerprint density at radius 2 is 2.17 bits per heavy atom. The molecule has 0 fully saturated rings. The highest BCUT2D eigenvalue weighted by molar-refractivity contribution is 5.15. The lowest BCUT2D eigenvalue weighted by Crippen LogP contribution is -2.37. The predicted octanol–water partition coefficient (Wildman–Crippen LogP) is 2.04. The van der Waals surface area contributed by atoms with Gasteiger partial charge in [0.15, 0.2) is 0 Å². The number of aromatic nitrogens is 2. The van der Waals surface area contributed by atoms with Crippen LogP contribution in [0.15, 0.2) is 42.9 Å². The molecule has 94 valence electrons. The monoisotopic (exact) mass is 243 g/mol. The zero-order valence-electron chi connectivity index (χ0n) is 10.5. The van der Waals surface area contributed by atoms with Gasteiger partial charge < -0.3 is 9.30 Å². The number of nitrogens with zero attached hydrogens (tertiary/aromatic N) is 3. The van der Waals surface area contributed by atoms with Gasteiger partial charge >= 0.3 is 0 Å². The summed E-state index contributed by atoms with van der Waals surface area (Å²) < 4.78 is 7.64. The summed E-state index contributed by atoms with van der Waals surface area (Å²) in [5.74, 6) is 0. The molecule has 1 atom stereocenters. The van der Waals surface area contributed by atoms with E-state index in [0.717, 1.165) is 19.6 Å². The molecular weight excluding hydrogens is 226 g/mol. The van der Waals surface area contributed by atoms with Gasteiger partial charge in [0.2, 0.25) is 0 Å². The van der Waals surface area contributed by atoms with Crippen LogP contribution in [0.1, 0.15) is 17.5 Å². The number of methoxy groups -OCH3 is 1. The lowest BCUT2D eigenvalue weighted by Gasteiger charge is -2.33. The molecule has 1 aliphatic heterocycles. The molecule has 0 spiro atoms. The second-order valence-electron chi connectivity index (χ2n) is 4.64. The van der Waals surface area contributed by atoms with Gasteiger partial charge in [0.1, 0.15) is 6.23 Å². The first-order chi connectivity index (χ1) is 8.86. The molecule has 1 unspecified atom stereocenters. The lowest BCUT2D eigenvalue weighted by molar-refractivity contribution is -0.0122. The zero-order valence-corrected chi connectivity index (χ0v) is 10.5. The summed E-state index contributed by atoms with van der Waals surface area (Å²) in [5, 5.41) is 0. The molecule has 4 nitrogen and oxygen atoms in total. The van der Waals surface area contributed by atoms with Crippen LogP contribution in [-0.2, 0) is 17.8 Å². The smallest absolute Gasteiger partial charge is 0.147 e. The molecule has 0 saturated carbocycles. The quantitative estimate of drug-likeness (QED) is 0.826. The molecule has 0 bridgehead atoms. The van der Waals surface area contributed by atoms with Gasteiger partial charge in [0.05, 0.1) is 12.0 Å². The average Bonchev–Trinajstić information content (AvgIpc) is 2.87. The third-order valence-electron chi connectivity index (χ3n) is 3.38. The summed E-state index contributed by atoms with van der Waals surface area (Å²) in [6.07, 6.45) is 3.84. The van der Waals surface area contributed by atoms with Crippen LogP contribution >= 0.6 is 0 Å². The summed E-state index contributed by atoms with van der Waals surface area (Å²) in [5.41, 5.74) is 2.55. The van der Waals surface area contributed by atoms with Crippen LogP contribution < -0.4 is 0 Å². The zero-order chi connectivity index (χ0) is 12.4. The molecule has 1 aliphatic rings. The van der Waals surface area contributed by atoms with Crippen LogP contribution in [0, 0.1) is 0 Å². The Balaban J connectivity index is 1.77. The molecule has 0 saturated heterocycles. The van der Waals surface area contributed by atoms with E-state index in [2.05, 4.69) is 38.7 Å². The Morgan fingerprint density at radius 1 is 1.33 bits per heavy atom. The van der Waals surface area contributed by atoms with E-state index in [1.54, 1.807) is 7.11 Å². The number of rotatable bonds is 3. The maximum absolute atomic E-state index is 5.53. The summed E-state index contributed by atoms with van der Waals surface area (Å²) in [7, 11) is 1.75. The number of hydrogen-bond donors (Lipinski definition) is 0. The van der Waals surface area contributed by atoms with Crippen molar-refractivity contribution >= 4 is 0 Å². The van der Waals surface area contributed by atoms with Gasteiger partial charge in [-0.3, -0.25) is 4.90 Å². The third kappa shape index (κ3) is 2.17. The molecule has 0 amide bonds. The first kappa shape index (κ1) is 11.4. The standard InChI is InChI=1S/C14H17N3O/c1-18-14-10-16(8-12-5-3-2-4-6-12)9-13-7-15-11-17(13)14/h2-7,11,14H,8-10H2,1H3. The largest absolute Gasteiger partial charge is 0.360 e. The van der Waals surface area contributed by atoms with Gasteiger partial charge in [-0.05, 0) is 5.56 Å². The Hall–Kier alpha value is -1.65. The molecule has 18 heavy (non-hydrogen) atoms. The van der Waals surface area contributed by atoms with E-state index in [-0.39, 0.29) is 6.23 Å². The molecule has 0 radical (unpaired) electrons. The molecule has 0 aliphatic carbocycles. The van der Waals surface area contributed by atoms with Crippen molar-refractivity contribution in [3.05, 3.63) is 54.1 Å². The number of fused-ring (bicyclic) bond motifs is 1. The van der Waals surface area contributed by atoms with E-state index in [9.17, 15) is 0 Å². The van der Waals surface area contributed by atoms with Crippen molar-refractivity contribution < 1.29 is 4.74 Å². The van der Waals surface area contributed by atoms with Crippen LogP contribution in [0.4, 0.5) is 0 Å². The molecule has 1 aromatic carbocycles. The average molecular weight is 243 g/mol. The number of benzene rings is 1. The van der Waals surface area contributed by atoms with Gasteiger partial charge in [0, 0.05) is 32.9 Å². The van der Waals surface area contributed by atoms with Crippen molar-refractivity contribution in [1.82, 2.24) is 14.5 Å². The van der Waals surface area contributed by atoms with E-state index >= 15 is 0 Å². The molecular formula is C14H17N3O. The number of ether oxygens (including phenoxy) is 1. The fourth-order valence-electron chi connectivity index (χ4n) is 2.47. The molecule has 1 aromatic heterocycles. The summed E-state index contributed by atoms with van der Waals surface area (Å²) in [6.45, 7) is 2.77. The van der Waals surface area contributed by atoms with Gasteiger partial charge in [0.25, 0.3) is 0 Å². The lowest BCUT2D eigenvalue weighted by atomic mass is 10.2. The van der Waals surface area contributed by atoms with E-state index < -0.39 is 0 Å². The Morgan fingerprint density at radius 3 is 2.94 bits per heavy atom. The Bertz CT molecular complexity index is 509.